The third-order valence-corrected chi connectivity index (χ3v) is 3.03. The van der Waals surface area contributed by atoms with Crippen LogP contribution in [0.5, 0.6) is 0 Å². The molecule has 2 heteroatoms. The number of carbonyl (C=O) groups excluding carboxylic acids is 1. The molecule has 0 aliphatic carbocycles. The van der Waals surface area contributed by atoms with Crippen molar-refractivity contribution >= 4 is 33.5 Å². The first-order chi connectivity index (χ1) is 8.28. The van der Waals surface area contributed by atoms with Crippen LogP contribution in [0.15, 0.2) is 48.5 Å². The molecule has 0 atom stereocenters. The third kappa shape index (κ3) is 1.54. The standard InChI is InChI=1S/C15H11NO/c16-15-3-1-2-12-7-11-5-4-10(9-17)6-13(11)8-14(12)15/h1-9H,16H2. The topological polar surface area (TPSA) is 43.1 Å². The SMILES string of the molecule is Nc1cccc2cc3ccc(C=O)cc3cc12. The number of fused-ring (bicyclic) bond motifs is 2. The quantitative estimate of drug-likeness (QED) is 0.389. The van der Waals surface area contributed by atoms with Crippen LogP contribution in [0.25, 0.3) is 21.5 Å². The van der Waals surface area contributed by atoms with Gasteiger partial charge in [0.2, 0.25) is 0 Å². The summed E-state index contributed by atoms with van der Waals surface area (Å²) < 4.78 is 0. The Morgan fingerprint density at radius 1 is 0.882 bits per heavy atom. The van der Waals surface area contributed by atoms with Gasteiger partial charge in [0.05, 0.1) is 0 Å². The molecule has 0 aromatic heterocycles. The molecule has 0 fully saturated rings. The van der Waals surface area contributed by atoms with E-state index in [1.54, 1.807) is 0 Å². The highest BCUT2D eigenvalue weighted by Gasteiger charge is 2.01. The van der Waals surface area contributed by atoms with Gasteiger partial charge in [0.25, 0.3) is 0 Å². The molecule has 0 aliphatic heterocycles. The fourth-order valence-electron chi connectivity index (χ4n) is 2.14. The van der Waals surface area contributed by atoms with Crippen LogP contribution in [0.1, 0.15) is 10.4 Å². The molecule has 0 amide bonds. The maximum absolute atomic E-state index is 10.8. The van der Waals surface area contributed by atoms with E-state index in [-0.39, 0.29) is 0 Å². The lowest BCUT2D eigenvalue weighted by Crippen LogP contribution is -1.87. The molecular weight excluding hydrogens is 210 g/mol. The summed E-state index contributed by atoms with van der Waals surface area (Å²) in [4.78, 5) is 10.8. The number of benzene rings is 3. The first-order valence-corrected chi connectivity index (χ1v) is 5.45. The van der Waals surface area contributed by atoms with Crippen molar-refractivity contribution in [3.05, 3.63) is 54.1 Å². The van der Waals surface area contributed by atoms with Gasteiger partial charge in [-0.1, -0.05) is 24.3 Å². The summed E-state index contributed by atoms with van der Waals surface area (Å²) in [6.45, 7) is 0. The average Bonchev–Trinajstić information content (AvgIpc) is 2.37. The Kier molecular flexibility index (Phi) is 2.08. The minimum Gasteiger partial charge on any atom is -0.398 e. The van der Waals surface area contributed by atoms with E-state index in [2.05, 4.69) is 6.07 Å². The van der Waals surface area contributed by atoms with Gasteiger partial charge in [0.15, 0.2) is 0 Å². The fourth-order valence-corrected chi connectivity index (χ4v) is 2.14. The monoisotopic (exact) mass is 221 g/mol. The Morgan fingerprint density at radius 2 is 1.76 bits per heavy atom. The Bertz CT molecular complexity index is 731. The number of rotatable bonds is 1. The van der Waals surface area contributed by atoms with E-state index in [0.29, 0.717) is 5.56 Å². The van der Waals surface area contributed by atoms with Gasteiger partial charge in [-0.3, -0.25) is 4.79 Å². The molecule has 0 unspecified atom stereocenters. The predicted octanol–water partition coefficient (Wildman–Crippen LogP) is 3.39. The summed E-state index contributed by atoms with van der Waals surface area (Å²) in [5.74, 6) is 0. The first kappa shape index (κ1) is 9.85. The van der Waals surface area contributed by atoms with Crippen molar-refractivity contribution in [2.45, 2.75) is 0 Å². The van der Waals surface area contributed by atoms with Crippen LogP contribution in [-0.4, -0.2) is 6.29 Å². The van der Waals surface area contributed by atoms with Crippen molar-refractivity contribution in [3.63, 3.8) is 0 Å². The number of hydrogen-bond acceptors (Lipinski definition) is 2. The second-order valence-electron chi connectivity index (χ2n) is 4.15. The summed E-state index contributed by atoms with van der Waals surface area (Å²) in [7, 11) is 0. The summed E-state index contributed by atoms with van der Waals surface area (Å²) in [6, 6.07) is 15.7. The normalized spacial score (nSPS) is 10.8. The van der Waals surface area contributed by atoms with Crippen LogP contribution in [0.4, 0.5) is 5.69 Å². The van der Waals surface area contributed by atoms with E-state index < -0.39 is 0 Å². The zero-order valence-electron chi connectivity index (χ0n) is 9.18. The van der Waals surface area contributed by atoms with Crippen LogP contribution < -0.4 is 5.73 Å². The molecule has 0 aliphatic rings. The highest BCUT2D eigenvalue weighted by Crippen LogP contribution is 2.27. The molecule has 0 heterocycles. The number of aldehydes is 1. The molecule has 3 aromatic rings. The molecule has 0 radical (unpaired) electrons. The van der Waals surface area contributed by atoms with Gasteiger partial charge in [0, 0.05) is 16.6 Å². The van der Waals surface area contributed by atoms with E-state index in [4.69, 9.17) is 5.73 Å². The number of carbonyl (C=O) groups is 1. The fraction of sp³-hybridized carbons (Fsp3) is 0. The second kappa shape index (κ2) is 3.59. The zero-order valence-corrected chi connectivity index (χ0v) is 9.18. The van der Waals surface area contributed by atoms with Crippen LogP contribution in [0.3, 0.4) is 0 Å². The van der Waals surface area contributed by atoms with Gasteiger partial charge in [-0.15, -0.1) is 0 Å². The van der Waals surface area contributed by atoms with Crippen molar-refractivity contribution in [1.29, 1.82) is 0 Å². The van der Waals surface area contributed by atoms with Crippen molar-refractivity contribution in [2.75, 3.05) is 5.73 Å². The molecule has 2 nitrogen and oxygen atoms in total. The van der Waals surface area contributed by atoms with E-state index in [9.17, 15) is 4.79 Å². The summed E-state index contributed by atoms with van der Waals surface area (Å²) in [5.41, 5.74) is 7.40. The highest BCUT2D eigenvalue weighted by molar-refractivity contribution is 6.04. The molecule has 0 bridgehead atoms. The highest BCUT2D eigenvalue weighted by atomic mass is 16.1. The van der Waals surface area contributed by atoms with Crippen molar-refractivity contribution in [2.24, 2.45) is 0 Å². The average molecular weight is 221 g/mol. The van der Waals surface area contributed by atoms with Gasteiger partial charge in [-0.2, -0.15) is 0 Å². The zero-order chi connectivity index (χ0) is 11.8. The maximum atomic E-state index is 10.8. The molecule has 17 heavy (non-hydrogen) atoms. The van der Waals surface area contributed by atoms with E-state index in [1.165, 1.54) is 0 Å². The first-order valence-electron chi connectivity index (χ1n) is 5.45. The lowest BCUT2D eigenvalue weighted by atomic mass is 10.0. The predicted molar refractivity (Wildman–Crippen MR) is 71.3 cm³/mol. The minimum absolute atomic E-state index is 0.686. The minimum atomic E-state index is 0.686. The third-order valence-electron chi connectivity index (χ3n) is 3.03. The molecule has 3 rings (SSSR count). The van der Waals surface area contributed by atoms with Crippen molar-refractivity contribution in [1.82, 2.24) is 0 Å². The Hall–Kier alpha value is -2.35. The molecule has 0 spiro atoms. The van der Waals surface area contributed by atoms with Crippen molar-refractivity contribution in [3.8, 4) is 0 Å². The largest absolute Gasteiger partial charge is 0.398 e. The Morgan fingerprint density at radius 3 is 2.59 bits per heavy atom. The second-order valence-corrected chi connectivity index (χ2v) is 4.15. The number of hydrogen-bond donors (Lipinski definition) is 1. The van der Waals surface area contributed by atoms with Crippen LogP contribution in [0, 0.1) is 0 Å². The maximum Gasteiger partial charge on any atom is 0.150 e. The van der Waals surface area contributed by atoms with Crippen molar-refractivity contribution < 1.29 is 4.79 Å². The lowest BCUT2D eigenvalue weighted by Gasteiger charge is -2.05. The van der Waals surface area contributed by atoms with E-state index in [0.717, 1.165) is 33.5 Å². The molecule has 2 N–H and O–H groups in total. The van der Waals surface area contributed by atoms with Gasteiger partial charge < -0.3 is 5.73 Å². The molecule has 0 saturated heterocycles. The van der Waals surface area contributed by atoms with Gasteiger partial charge >= 0.3 is 0 Å². The van der Waals surface area contributed by atoms with E-state index >= 15 is 0 Å². The number of nitrogen functional groups attached to an aromatic ring is 1. The Labute approximate surface area is 98.7 Å². The van der Waals surface area contributed by atoms with Gasteiger partial charge in [0.1, 0.15) is 6.29 Å². The van der Waals surface area contributed by atoms with Gasteiger partial charge in [-0.25, -0.2) is 0 Å². The summed E-state index contributed by atoms with van der Waals surface area (Å²) >= 11 is 0. The summed E-state index contributed by atoms with van der Waals surface area (Å²) in [6.07, 6.45) is 0.859. The molecule has 0 saturated carbocycles. The lowest BCUT2D eigenvalue weighted by molar-refractivity contribution is 0.112. The molecular formula is C15H11NO. The molecule has 82 valence electrons. The summed E-state index contributed by atoms with van der Waals surface area (Å²) in [5, 5.41) is 4.31. The van der Waals surface area contributed by atoms with E-state index in [1.807, 2.05) is 42.5 Å². The number of anilines is 1. The van der Waals surface area contributed by atoms with Crippen LogP contribution in [-0.2, 0) is 0 Å². The smallest absolute Gasteiger partial charge is 0.150 e. The van der Waals surface area contributed by atoms with Crippen LogP contribution in [0.2, 0.25) is 0 Å². The van der Waals surface area contributed by atoms with Crippen LogP contribution >= 0.6 is 0 Å². The molecule has 3 aromatic carbocycles. The Balaban J connectivity index is 2.44. The van der Waals surface area contributed by atoms with Gasteiger partial charge in [-0.05, 0) is 40.4 Å². The number of nitrogens with two attached hydrogens (primary N) is 1.